The molecule has 2 rings (SSSR count). The van der Waals surface area contributed by atoms with Crippen LogP contribution in [0, 0.1) is 0 Å². The van der Waals surface area contributed by atoms with Crippen molar-refractivity contribution in [2.45, 2.75) is 19.8 Å². The molecule has 0 aliphatic heterocycles. The van der Waals surface area contributed by atoms with Crippen LogP contribution in [-0.2, 0) is 0 Å². The molecular formula is C17H18. The van der Waals surface area contributed by atoms with Crippen molar-refractivity contribution in [1.82, 2.24) is 0 Å². The van der Waals surface area contributed by atoms with Crippen molar-refractivity contribution in [2.75, 3.05) is 0 Å². The fraction of sp³-hybridized carbons (Fsp3) is 0.176. The average Bonchev–Trinajstić information content (AvgIpc) is 2.38. The zero-order chi connectivity index (χ0) is 12.3. The quantitative estimate of drug-likeness (QED) is 0.676. The summed E-state index contributed by atoms with van der Waals surface area (Å²) < 4.78 is 0. The Balaban J connectivity index is 2.63. The second-order valence-corrected chi connectivity index (χ2v) is 4.53. The third kappa shape index (κ3) is 2.31. The van der Waals surface area contributed by atoms with E-state index in [4.69, 9.17) is 0 Å². The van der Waals surface area contributed by atoms with E-state index in [1.165, 1.54) is 22.3 Å². The number of benzene rings is 2. The van der Waals surface area contributed by atoms with Gasteiger partial charge in [-0.1, -0.05) is 75.0 Å². The first kappa shape index (κ1) is 11.7. The van der Waals surface area contributed by atoms with Crippen LogP contribution in [0.3, 0.4) is 0 Å². The van der Waals surface area contributed by atoms with Crippen LogP contribution in [0.25, 0.3) is 17.2 Å². The molecule has 0 spiro atoms. The first-order valence-electron chi connectivity index (χ1n) is 6.04. The molecule has 0 radical (unpaired) electrons. The minimum Gasteiger partial charge on any atom is -0.0984 e. The van der Waals surface area contributed by atoms with Gasteiger partial charge in [0.25, 0.3) is 0 Å². The number of rotatable bonds is 3. The smallest absolute Gasteiger partial charge is 0.0109 e. The molecule has 17 heavy (non-hydrogen) atoms. The zero-order valence-corrected chi connectivity index (χ0v) is 10.5. The van der Waals surface area contributed by atoms with Crippen LogP contribution < -0.4 is 0 Å². The van der Waals surface area contributed by atoms with E-state index in [-0.39, 0.29) is 0 Å². The maximum atomic E-state index is 3.96. The van der Waals surface area contributed by atoms with E-state index in [0.29, 0.717) is 5.92 Å². The van der Waals surface area contributed by atoms with E-state index < -0.39 is 0 Å². The van der Waals surface area contributed by atoms with Gasteiger partial charge in [-0.2, -0.15) is 0 Å². The van der Waals surface area contributed by atoms with Crippen LogP contribution in [0.4, 0.5) is 0 Å². The Hall–Kier alpha value is -1.82. The van der Waals surface area contributed by atoms with E-state index >= 15 is 0 Å². The summed E-state index contributed by atoms with van der Waals surface area (Å²) in [7, 11) is 0. The molecule has 0 N–H and O–H groups in total. The molecule has 0 heterocycles. The van der Waals surface area contributed by atoms with Gasteiger partial charge in [0.1, 0.15) is 0 Å². The predicted molar refractivity (Wildman–Crippen MR) is 76.1 cm³/mol. The fourth-order valence-electron chi connectivity index (χ4n) is 2.18. The normalized spacial score (nSPS) is 10.5. The van der Waals surface area contributed by atoms with Crippen LogP contribution in [0.1, 0.15) is 30.9 Å². The summed E-state index contributed by atoms with van der Waals surface area (Å²) in [5, 5.41) is 0. The molecule has 0 nitrogen and oxygen atoms in total. The molecule has 0 aliphatic carbocycles. The number of hydrogen-bond acceptors (Lipinski definition) is 0. The van der Waals surface area contributed by atoms with Gasteiger partial charge in [0, 0.05) is 0 Å². The van der Waals surface area contributed by atoms with Crippen molar-refractivity contribution in [2.24, 2.45) is 0 Å². The van der Waals surface area contributed by atoms with E-state index in [2.05, 4.69) is 62.9 Å². The van der Waals surface area contributed by atoms with Crippen LogP contribution >= 0.6 is 0 Å². The maximum Gasteiger partial charge on any atom is -0.0109 e. The van der Waals surface area contributed by atoms with Gasteiger partial charge in [-0.15, -0.1) is 0 Å². The minimum absolute atomic E-state index is 0.520. The third-order valence-electron chi connectivity index (χ3n) is 3.05. The first-order chi connectivity index (χ1) is 8.24. The molecule has 0 bridgehead atoms. The van der Waals surface area contributed by atoms with Crippen molar-refractivity contribution < 1.29 is 0 Å². The average molecular weight is 222 g/mol. The summed E-state index contributed by atoms with van der Waals surface area (Å²) >= 11 is 0. The van der Waals surface area contributed by atoms with Gasteiger partial charge in [0.15, 0.2) is 0 Å². The van der Waals surface area contributed by atoms with Gasteiger partial charge in [0.2, 0.25) is 0 Å². The lowest BCUT2D eigenvalue weighted by Crippen LogP contribution is -1.94. The Labute approximate surface area is 104 Å². The monoisotopic (exact) mass is 222 g/mol. The molecule has 0 saturated heterocycles. The molecular weight excluding hydrogens is 204 g/mol. The molecule has 86 valence electrons. The van der Waals surface area contributed by atoms with Crippen molar-refractivity contribution in [3.63, 3.8) is 0 Å². The highest BCUT2D eigenvalue weighted by Crippen LogP contribution is 2.30. The molecule has 0 amide bonds. The Morgan fingerprint density at radius 1 is 0.941 bits per heavy atom. The lowest BCUT2D eigenvalue weighted by molar-refractivity contribution is 0.864. The summed E-state index contributed by atoms with van der Waals surface area (Å²) in [4.78, 5) is 0. The second-order valence-electron chi connectivity index (χ2n) is 4.53. The van der Waals surface area contributed by atoms with Gasteiger partial charge >= 0.3 is 0 Å². The molecule has 0 saturated carbocycles. The van der Waals surface area contributed by atoms with E-state index in [9.17, 15) is 0 Å². The van der Waals surface area contributed by atoms with E-state index in [0.717, 1.165) is 0 Å². The van der Waals surface area contributed by atoms with Crippen molar-refractivity contribution in [1.29, 1.82) is 0 Å². The van der Waals surface area contributed by atoms with Crippen molar-refractivity contribution in [3.8, 4) is 11.1 Å². The first-order valence-corrected chi connectivity index (χ1v) is 6.04. The largest absolute Gasteiger partial charge is 0.0984 e. The van der Waals surface area contributed by atoms with Crippen LogP contribution in [-0.4, -0.2) is 0 Å². The SMILES string of the molecule is C=Cc1c(-c2ccccc2)cccc1C(C)C. The highest BCUT2D eigenvalue weighted by molar-refractivity contribution is 5.76. The van der Waals surface area contributed by atoms with Gasteiger partial charge in [0.05, 0.1) is 0 Å². The van der Waals surface area contributed by atoms with Crippen molar-refractivity contribution in [3.05, 3.63) is 66.2 Å². The Morgan fingerprint density at radius 3 is 2.24 bits per heavy atom. The van der Waals surface area contributed by atoms with Gasteiger partial charge in [-0.05, 0) is 28.2 Å². The van der Waals surface area contributed by atoms with Crippen molar-refractivity contribution >= 4 is 6.08 Å². The fourth-order valence-corrected chi connectivity index (χ4v) is 2.18. The topological polar surface area (TPSA) is 0 Å². The predicted octanol–water partition coefficient (Wildman–Crippen LogP) is 5.12. The molecule has 2 aromatic carbocycles. The van der Waals surface area contributed by atoms with Crippen LogP contribution in [0.15, 0.2) is 55.1 Å². The highest BCUT2D eigenvalue weighted by atomic mass is 14.1. The molecule has 0 fully saturated rings. The molecule has 0 unspecified atom stereocenters. The molecule has 2 aromatic rings. The minimum atomic E-state index is 0.520. The van der Waals surface area contributed by atoms with Crippen LogP contribution in [0.2, 0.25) is 0 Å². The summed E-state index contributed by atoms with van der Waals surface area (Å²) in [6, 6.07) is 17.0. The van der Waals surface area contributed by atoms with E-state index in [1.807, 2.05) is 12.1 Å². The van der Waals surface area contributed by atoms with Gasteiger partial charge in [-0.25, -0.2) is 0 Å². The van der Waals surface area contributed by atoms with Gasteiger partial charge < -0.3 is 0 Å². The lowest BCUT2D eigenvalue weighted by atomic mass is 9.90. The zero-order valence-electron chi connectivity index (χ0n) is 10.5. The second kappa shape index (κ2) is 5.01. The van der Waals surface area contributed by atoms with Gasteiger partial charge in [-0.3, -0.25) is 0 Å². The summed E-state index contributed by atoms with van der Waals surface area (Å²) in [6.07, 6.45) is 1.97. The summed E-state index contributed by atoms with van der Waals surface area (Å²) in [5.74, 6) is 0.520. The summed E-state index contributed by atoms with van der Waals surface area (Å²) in [5.41, 5.74) is 5.15. The Bertz CT molecular complexity index is 507. The lowest BCUT2D eigenvalue weighted by Gasteiger charge is -2.14. The Kier molecular flexibility index (Phi) is 3.43. The highest BCUT2D eigenvalue weighted by Gasteiger charge is 2.09. The maximum absolute atomic E-state index is 3.96. The molecule has 0 heteroatoms. The van der Waals surface area contributed by atoms with E-state index in [1.54, 1.807) is 0 Å². The Morgan fingerprint density at radius 2 is 1.65 bits per heavy atom. The molecule has 0 aromatic heterocycles. The standard InChI is InChI=1S/C17H18/c1-4-15-16(13(2)3)11-8-12-17(15)14-9-6-5-7-10-14/h4-13H,1H2,2-3H3. The summed E-state index contributed by atoms with van der Waals surface area (Å²) in [6.45, 7) is 8.40. The van der Waals surface area contributed by atoms with Crippen LogP contribution in [0.5, 0.6) is 0 Å². The number of hydrogen-bond donors (Lipinski definition) is 0. The molecule has 0 aliphatic rings. The third-order valence-corrected chi connectivity index (χ3v) is 3.05. The molecule has 0 atom stereocenters.